The summed E-state index contributed by atoms with van der Waals surface area (Å²) >= 11 is 0. The molecule has 7 heteroatoms. The van der Waals surface area contributed by atoms with Gasteiger partial charge in [-0.1, -0.05) is 0 Å². The van der Waals surface area contributed by atoms with Gasteiger partial charge in [0.15, 0.2) is 5.65 Å². The molecule has 2 aromatic rings. The molecule has 4 heterocycles. The fourth-order valence-corrected chi connectivity index (χ4v) is 3.70. The van der Waals surface area contributed by atoms with Crippen LogP contribution in [-0.2, 0) is 9.59 Å². The Kier molecular flexibility index (Phi) is 3.80. The van der Waals surface area contributed by atoms with Gasteiger partial charge < -0.3 is 5.32 Å². The lowest BCUT2D eigenvalue weighted by molar-refractivity contribution is -0.135. The second kappa shape index (κ2) is 5.98. The van der Waals surface area contributed by atoms with Crippen molar-refractivity contribution in [1.29, 1.82) is 0 Å². The van der Waals surface area contributed by atoms with E-state index >= 15 is 0 Å². The number of hydrogen-bond acceptors (Lipinski definition) is 5. The highest BCUT2D eigenvalue weighted by Crippen LogP contribution is 2.30. The minimum Gasteiger partial charge on any atom is -0.317 e. The van der Waals surface area contributed by atoms with E-state index in [1.165, 1.54) is 5.56 Å². The molecule has 24 heavy (non-hydrogen) atoms. The number of fused-ring (bicyclic) bond motifs is 1. The summed E-state index contributed by atoms with van der Waals surface area (Å²) in [6.45, 7) is 4.02. The van der Waals surface area contributed by atoms with Gasteiger partial charge in [0.2, 0.25) is 5.91 Å². The minimum absolute atomic E-state index is 0.217. The number of carbonyl (C=O) groups is 2. The third-order valence-corrected chi connectivity index (χ3v) is 5.07. The number of pyridine rings is 1. The maximum atomic E-state index is 12.1. The van der Waals surface area contributed by atoms with E-state index in [0.29, 0.717) is 18.8 Å². The first kappa shape index (κ1) is 15.3. The van der Waals surface area contributed by atoms with Crippen LogP contribution in [0.25, 0.3) is 11.0 Å². The lowest BCUT2D eigenvalue weighted by Crippen LogP contribution is -2.42. The number of piperidine rings is 2. The Labute approximate surface area is 139 Å². The van der Waals surface area contributed by atoms with E-state index in [-0.39, 0.29) is 11.8 Å². The molecule has 0 radical (unpaired) electrons. The first-order valence-corrected chi connectivity index (χ1v) is 8.52. The van der Waals surface area contributed by atoms with Crippen LogP contribution in [0.5, 0.6) is 0 Å². The maximum Gasteiger partial charge on any atom is 0.251 e. The van der Waals surface area contributed by atoms with Gasteiger partial charge in [0.05, 0.1) is 5.69 Å². The normalized spacial score (nSPS) is 22.8. The van der Waals surface area contributed by atoms with Crippen molar-refractivity contribution in [3.63, 3.8) is 0 Å². The summed E-state index contributed by atoms with van der Waals surface area (Å²) in [6.07, 6.45) is 4.96. The van der Waals surface area contributed by atoms with E-state index in [9.17, 15) is 9.59 Å². The average Bonchev–Trinajstić information content (AvgIpc) is 2.92. The number of imide groups is 1. The Morgan fingerprint density at radius 2 is 2.00 bits per heavy atom. The minimum atomic E-state index is -0.462. The number of rotatable bonds is 2. The van der Waals surface area contributed by atoms with E-state index in [1.54, 1.807) is 4.68 Å². The lowest BCUT2D eigenvalue weighted by atomic mass is 9.91. The van der Waals surface area contributed by atoms with Gasteiger partial charge in [-0.2, -0.15) is 5.10 Å². The highest BCUT2D eigenvalue weighted by molar-refractivity contribution is 6.00. The van der Waals surface area contributed by atoms with Crippen LogP contribution in [0.1, 0.15) is 48.9 Å². The summed E-state index contributed by atoms with van der Waals surface area (Å²) in [6, 6.07) is 1.71. The summed E-state index contributed by atoms with van der Waals surface area (Å²) in [5, 5.41) is 11.3. The maximum absolute atomic E-state index is 12.1. The van der Waals surface area contributed by atoms with Crippen LogP contribution in [-0.4, -0.2) is 39.7 Å². The SMILES string of the molecule is Cc1nn(C2CCC(=O)NC2=O)c2ncc(C3CCNCC3)cc12. The van der Waals surface area contributed by atoms with Crippen molar-refractivity contribution in [3.05, 3.63) is 23.5 Å². The van der Waals surface area contributed by atoms with Gasteiger partial charge >= 0.3 is 0 Å². The van der Waals surface area contributed by atoms with Gasteiger partial charge in [0.1, 0.15) is 6.04 Å². The van der Waals surface area contributed by atoms with E-state index in [2.05, 4.69) is 26.8 Å². The Hall–Kier alpha value is -2.28. The molecule has 7 nitrogen and oxygen atoms in total. The van der Waals surface area contributed by atoms with E-state index in [4.69, 9.17) is 0 Å². The zero-order valence-electron chi connectivity index (χ0n) is 13.7. The van der Waals surface area contributed by atoms with Crippen molar-refractivity contribution in [2.45, 2.75) is 44.6 Å². The van der Waals surface area contributed by atoms with Gasteiger partial charge in [-0.3, -0.25) is 14.9 Å². The van der Waals surface area contributed by atoms with Crippen LogP contribution < -0.4 is 10.6 Å². The standard InChI is InChI=1S/C17H21N5O2/c1-10-13-8-12(11-4-6-18-7-5-11)9-19-16(13)22(21-10)14-2-3-15(23)20-17(14)24/h8-9,11,14,18H,2-7H2,1H3,(H,20,23,24). The molecule has 4 rings (SSSR count). The first-order valence-electron chi connectivity index (χ1n) is 8.52. The highest BCUT2D eigenvalue weighted by atomic mass is 16.2. The third kappa shape index (κ3) is 2.58. The molecule has 0 aromatic carbocycles. The first-order chi connectivity index (χ1) is 11.6. The smallest absolute Gasteiger partial charge is 0.251 e. The summed E-state index contributed by atoms with van der Waals surface area (Å²) in [7, 11) is 0. The van der Waals surface area contributed by atoms with Crippen LogP contribution >= 0.6 is 0 Å². The molecule has 2 saturated heterocycles. The number of nitrogens with one attached hydrogen (secondary N) is 2. The molecule has 2 aliphatic heterocycles. The molecular weight excluding hydrogens is 306 g/mol. The van der Waals surface area contributed by atoms with Crippen LogP contribution in [0.15, 0.2) is 12.3 Å². The molecule has 0 bridgehead atoms. The van der Waals surface area contributed by atoms with Crippen LogP contribution in [0.2, 0.25) is 0 Å². The zero-order valence-corrected chi connectivity index (χ0v) is 13.7. The Bertz CT molecular complexity index is 807. The Balaban J connectivity index is 1.71. The average molecular weight is 327 g/mol. The molecule has 0 aliphatic carbocycles. The van der Waals surface area contributed by atoms with Gasteiger partial charge in [-0.25, -0.2) is 9.67 Å². The van der Waals surface area contributed by atoms with Crippen molar-refractivity contribution in [2.75, 3.05) is 13.1 Å². The van der Waals surface area contributed by atoms with E-state index in [0.717, 1.165) is 42.7 Å². The second-order valence-electron chi connectivity index (χ2n) is 6.66. The van der Waals surface area contributed by atoms with Crippen LogP contribution in [0.3, 0.4) is 0 Å². The number of aromatic nitrogens is 3. The monoisotopic (exact) mass is 327 g/mol. The van der Waals surface area contributed by atoms with Crippen molar-refractivity contribution in [2.24, 2.45) is 0 Å². The van der Waals surface area contributed by atoms with Gasteiger partial charge in [0.25, 0.3) is 5.91 Å². The molecule has 0 spiro atoms. The van der Waals surface area contributed by atoms with E-state index < -0.39 is 6.04 Å². The number of hydrogen-bond donors (Lipinski definition) is 2. The quantitative estimate of drug-likeness (QED) is 0.809. The summed E-state index contributed by atoms with van der Waals surface area (Å²) < 4.78 is 1.68. The van der Waals surface area contributed by atoms with Crippen molar-refractivity contribution < 1.29 is 9.59 Å². The molecule has 1 unspecified atom stereocenters. The van der Waals surface area contributed by atoms with Crippen molar-refractivity contribution in [3.8, 4) is 0 Å². The van der Waals surface area contributed by atoms with Crippen LogP contribution in [0.4, 0.5) is 0 Å². The second-order valence-corrected chi connectivity index (χ2v) is 6.66. The van der Waals surface area contributed by atoms with Gasteiger partial charge in [0, 0.05) is 18.0 Å². The number of nitrogens with zero attached hydrogens (tertiary/aromatic N) is 3. The molecule has 126 valence electrons. The van der Waals surface area contributed by atoms with Gasteiger partial charge in [-0.15, -0.1) is 0 Å². The molecule has 2 aromatic heterocycles. The van der Waals surface area contributed by atoms with Crippen LogP contribution in [0, 0.1) is 6.92 Å². The third-order valence-electron chi connectivity index (χ3n) is 5.07. The Morgan fingerprint density at radius 1 is 1.21 bits per heavy atom. The van der Waals surface area contributed by atoms with Gasteiger partial charge in [-0.05, 0) is 56.8 Å². The number of carbonyl (C=O) groups excluding carboxylic acids is 2. The Morgan fingerprint density at radius 3 is 2.75 bits per heavy atom. The molecule has 2 N–H and O–H groups in total. The fraction of sp³-hybridized carbons (Fsp3) is 0.529. The predicted molar refractivity (Wildman–Crippen MR) is 88.5 cm³/mol. The molecule has 1 atom stereocenters. The molecular formula is C17H21N5O2. The molecule has 2 aliphatic rings. The summed E-state index contributed by atoms with van der Waals surface area (Å²) in [4.78, 5) is 28.1. The number of amides is 2. The molecule has 2 amide bonds. The highest BCUT2D eigenvalue weighted by Gasteiger charge is 2.30. The number of aryl methyl sites for hydroxylation is 1. The van der Waals surface area contributed by atoms with Crippen molar-refractivity contribution in [1.82, 2.24) is 25.4 Å². The van der Waals surface area contributed by atoms with Crippen molar-refractivity contribution >= 4 is 22.8 Å². The lowest BCUT2D eigenvalue weighted by Gasteiger charge is -2.23. The zero-order chi connectivity index (χ0) is 16.7. The largest absolute Gasteiger partial charge is 0.317 e. The molecule has 0 saturated carbocycles. The summed E-state index contributed by atoms with van der Waals surface area (Å²) in [5.41, 5.74) is 2.84. The predicted octanol–water partition coefficient (Wildman–Crippen LogP) is 1.18. The van der Waals surface area contributed by atoms with E-state index in [1.807, 2.05) is 13.1 Å². The fourth-order valence-electron chi connectivity index (χ4n) is 3.70. The molecule has 2 fully saturated rings. The summed E-state index contributed by atoms with van der Waals surface area (Å²) in [5.74, 6) is 0.0203. The topological polar surface area (TPSA) is 88.9 Å².